The molecule has 8 unspecified atom stereocenters. The molecule has 114 heavy (non-hydrogen) atoms. The predicted octanol–water partition coefficient (Wildman–Crippen LogP) is 8.84. The van der Waals surface area contributed by atoms with Crippen molar-refractivity contribution >= 4 is 71.3 Å². The monoisotopic (exact) mass is 1540 g/mol. The number of carbonyl (C=O) groups is 12. The summed E-state index contributed by atoms with van der Waals surface area (Å²) in [5.41, 5.74) is -1.10. The van der Waals surface area contributed by atoms with Gasteiger partial charge in [-0.05, 0) is 109 Å². The fraction of sp³-hybridized carbons (Fsp3) is 0.233. The number of hydrogen-bond donors (Lipinski definition) is 0. The summed E-state index contributed by atoms with van der Waals surface area (Å²) in [5.74, 6) is -12.2. The molecule has 9 aromatic rings. The molecule has 0 saturated carbocycles. The van der Waals surface area contributed by atoms with Gasteiger partial charge in [-0.3, -0.25) is 43.5 Å². The summed E-state index contributed by atoms with van der Waals surface area (Å²) >= 11 is 0. The molecule has 0 spiro atoms. The number of rotatable bonds is 24. The zero-order valence-corrected chi connectivity index (χ0v) is 60.6. The summed E-state index contributed by atoms with van der Waals surface area (Å²) in [6.07, 6.45) is -24.4. The van der Waals surface area contributed by atoms with Crippen LogP contribution in [0.1, 0.15) is 124 Å². The number of fused-ring (bicyclic) bond motifs is 3. The van der Waals surface area contributed by atoms with E-state index in [1.807, 2.05) is 0 Å². The zero-order chi connectivity index (χ0) is 79.3. The minimum absolute atomic E-state index is 0.0281. The van der Waals surface area contributed by atoms with Crippen LogP contribution in [0.3, 0.4) is 0 Å². The molecular weight excluding hydrogens is 1470 g/mol. The molecule has 0 aromatic heterocycles. The summed E-state index contributed by atoms with van der Waals surface area (Å²) in [6, 6.07) is 56.3. The van der Waals surface area contributed by atoms with E-state index in [9.17, 15) is 19.2 Å². The average Bonchev–Trinajstić information content (AvgIpc) is 1.46. The lowest BCUT2D eigenvalue weighted by Crippen LogP contribution is -2.72. The zero-order valence-electron chi connectivity index (χ0n) is 60.6. The van der Waals surface area contributed by atoms with E-state index < -0.39 is 183 Å². The van der Waals surface area contributed by atoms with Crippen LogP contribution >= 0.6 is 0 Å². The van der Waals surface area contributed by atoms with Gasteiger partial charge in [0.05, 0.1) is 66.8 Å². The Labute approximate surface area is 649 Å². The molecule has 9 aromatic carbocycles. The second-order valence-corrected chi connectivity index (χ2v) is 26.9. The number of esters is 6. The third-order valence-electron chi connectivity index (χ3n) is 20.2. The van der Waals surface area contributed by atoms with Crippen molar-refractivity contribution in [2.45, 2.75) is 91.9 Å². The minimum atomic E-state index is -2.41. The second-order valence-electron chi connectivity index (χ2n) is 26.9. The Hall–Kier alpha value is -13.1. The van der Waals surface area contributed by atoms with Gasteiger partial charge >= 0.3 is 35.8 Å². The van der Waals surface area contributed by atoms with Crippen LogP contribution in [0.15, 0.2) is 255 Å². The third kappa shape index (κ3) is 15.1. The Kier molecular flexibility index (Phi) is 22.4. The molecule has 3 fully saturated rings. The third-order valence-corrected chi connectivity index (χ3v) is 20.2. The number of benzene rings is 9. The highest BCUT2D eigenvalue weighted by atomic mass is 16.8. The highest BCUT2D eigenvalue weighted by Gasteiger charge is 2.64. The topological polar surface area (TPSA) is 335 Å². The molecule has 6 amide bonds. The Balaban J connectivity index is 0.940. The molecule has 3 saturated heterocycles. The van der Waals surface area contributed by atoms with Gasteiger partial charge in [0.25, 0.3) is 35.4 Å². The Bertz CT molecular complexity index is 5050. The maximum atomic E-state index is 15.9. The van der Waals surface area contributed by atoms with Crippen molar-refractivity contribution < 1.29 is 119 Å². The van der Waals surface area contributed by atoms with Gasteiger partial charge in [0.15, 0.2) is 37.2 Å². The fourth-order valence-electron chi connectivity index (χ4n) is 14.8. The first-order chi connectivity index (χ1) is 55.5. The summed E-state index contributed by atoms with van der Waals surface area (Å²) in [6.45, 7) is -2.67. The fourth-order valence-corrected chi connectivity index (χ4v) is 14.8. The van der Waals surface area contributed by atoms with Gasteiger partial charge in [0.1, 0.15) is 74.6 Å². The first-order valence-corrected chi connectivity index (χ1v) is 36.2. The van der Waals surface area contributed by atoms with E-state index in [0.717, 1.165) is 12.0 Å². The Morgan fingerprint density at radius 1 is 0.263 bits per heavy atom. The maximum Gasteiger partial charge on any atom is 0.338 e. The van der Waals surface area contributed by atoms with Crippen LogP contribution in [0, 0.1) is 0 Å². The Morgan fingerprint density at radius 3 is 0.719 bits per heavy atom. The number of amides is 6. The van der Waals surface area contributed by atoms with Crippen LogP contribution in [0.5, 0.6) is 0 Å². The molecule has 6 aliphatic heterocycles. The molecule has 0 aliphatic carbocycles. The number of ether oxygens (including phenoxy) is 13. The number of carbonyl (C=O) groups excluding carboxylic acids is 12. The lowest BCUT2D eigenvalue weighted by atomic mass is 9.91. The van der Waals surface area contributed by atoms with Gasteiger partial charge in [-0.2, -0.15) is 0 Å². The summed E-state index contributed by atoms with van der Waals surface area (Å²) in [4.78, 5) is 184. The van der Waals surface area contributed by atoms with Crippen LogP contribution in [-0.4, -0.2) is 212 Å². The van der Waals surface area contributed by atoms with E-state index in [-0.39, 0.29) is 66.8 Å². The highest BCUT2D eigenvalue weighted by molar-refractivity contribution is 6.23. The quantitative estimate of drug-likeness (QED) is 0.0309. The normalized spacial score (nSPS) is 24.9. The number of hydrogen-bond acceptors (Lipinski definition) is 25. The van der Waals surface area contributed by atoms with E-state index in [0.29, 0.717) is 9.80 Å². The van der Waals surface area contributed by atoms with Crippen molar-refractivity contribution in [3.8, 4) is 0 Å². The van der Waals surface area contributed by atoms with E-state index in [4.69, 9.17) is 61.6 Å². The SMILES string of the molecule is COC1OC(COC(=O)c2ccccc2)C(O[C@H]2OC(COC(=O)c3ccccc3)[C@H](OC3OC(COC(=O)c4ccccc4)C(OC)[C@H](OC(=O)c4ccccc4)[C@@H]3N3C(=O)c4ccccc4C3=O)C(OC(=O)c3ccccc3)[C@H]2N2C(=O)c3ccccc3C2=O)[C@H](OC(=O)c2ccccc2)[C@@H]1N1C(=O)c2ccccc2C1=O. The molecule has 15 atom stereocenters. The smallest absolute Gasteiger partial charge is 0.338 e. The van der Waals surface area contributed by atoms with E-state index in [1.54, 1.807) is 84.9 Å². The maximum absolute atomic E-state index is 15.9. The standard InChI is InChI=1S/C86H69N3O25/c1-102-66-60(45-104-78(96)48-27-9-3-10-28-48)108-85(64(69(66)110-81(99)51-33-15-6-16-34-51)88-74(92)56-41-23-24-42-57(56)75(88)93)114-68-62(47-106-80(98)50-31-13-5-14-32-50)109-86(65(71(68)112-83(101)53-37-19-8-20-38-53)89-76(94)58-43-25-26-44-59(58)77(89)95)113-67-61(46-105-79(97)49-29-11-4-12-30-49)107-84(103-2)63(70(67)111-82(100)52-35-17-7-18-36-52)87-72(90)54-39-21-22-40-55(54)73(87)91/h3-44,60-71,84-86H,45-47H2,1-2H3/t60?,61?,62?,63-,64-,65+,66?,67?,68-,69+,70+,71?,84?,85?,86+/m0/s1. The van der Waals surface area contributed by atoms with Gasteiger partial charge in [0.2, 0.25) is 0 Å². The van der Waals surface area contributed by atoms with E-state index in [2.05, 4.69) is 0 Å². The van der Waals surface area contributed by atoms with Crippen LogP contribution in [-0.2, 0) is 61.6 Å². The lowest BCUT2D eigenvalue weighted by Gasteiger charge is -2.53. The van der Waals surface area contributed by atoms with Gasteiger partial charge in [-0.1, -0.05) is 146 Å². The Morgan fingerprint density at radius 2 is 0.474 bits per heavy atom. The lowest BCUT2D eigenvalue weighted by molar-refractivity contribution is -0.359. The van der Waals surface area contributed by atoms with E-state index >= 15 is 38.4 Å². The van der Waals surface area contributed by atoms with Crippen LogP contribution < -0.4 is 0 Å². The molecule has 28 heteroatoms. The second kappa shape index (κ2) is 33.5. The molecule has 6 heterocycles. The van der Waals surface area contributed by atoms with Crippen molar-refractivity contribution in [3.63, 3.8) is 0 Å². The number of methoxy groups -OCH3 is 2. The molecule has 15 rings (SSSR count). The first kappa shape index (κ1) is 76.3. The van der Waals surface area contributed by atoms with Gasteiger partial charge in [0, 0.05) is 14.2 Å². The molecule has 0 N–H and O–H groups in total. The number of nitrogens with zero attached hydrogens (tertiary/aromatic N) is 3. The van der Waals surface area contributed by atoms with Gasteiger partial charge < -0.3 is 61.6 Å². The van der Waals surface area contributed by atoms with Crippen LogP contribution in [0.4, 0.5) is 0 Å². The molecule has 578 valence electrons. The first-order valence-electron chi connectivity index (χ1n) is 36.2. The van der Waals surface area contributed by atoms with Crippen LogP contribution in [0.2, 0.25) is 0 Å². The summed E-state index contributed by atoms with van der Waals surface area (Å²) in [7, 11) is 2.36. The largest absolute Gasteiger partial charge is 0.459 e. The molecular formula is C86H69N3O25. The minimum Gasteiger partial charge on any atom is -0.459 e. The van der Waals surface area contributed by atoms with Crippen molar-refractivity contribution in [2.75, 3.05) is 34.0 Å². The molecule has 28 nitrogen and oxygen atoms in total. The van der Waals surface area contributed by atoms with Crippen molar-refractivity contribution in [1.82, 2.24) is 14.7 Å². The number of imide groups is 3. The van der Waals surface area contributed by atoms with Crippen molar-refractivity contribution in [2.24, 2.45) is 0 Å². The molecule has 6 aliphatic rings. The van der Waals surface area contributed by atoms with Gasteiger partial charge in [-0.15, -0.1) is 0 Å². The highest BCUT2D eigenvalue weighted by Crippen LogP contribution is 2.44. The molecule has 0 radical (unpaired) electrons. The molecule has 0 bridgehead atoms. The van der Waals surface area contributed by atoms with Crippen molar-refractivity contribution in [1.29, 1.82) is 0 Å². The average molecular weight is 1540 g/mol. The van der Waals surface area contributed by atoms with E-state index in [1.165, 1.54) is 177 Å². The van der Waals surface area contributed by atoms with Gasteiger partial charge in [-0.25, -0.2) is 28.8 Å². The van der Waals surface area contributed by atoms with Crippen LogP contribution in [0.25, 0.3) is 0 Å². The summed E-state index contributed by atoms with van der Waals surface area (Å²) < 4.78 is 85.9. The predicted molar refractivity (Wildman–Crippen MR) is 393 cm³/mol. The summed E-state index contributed by atoms with van der Waals surface area (Å²) in [5, 5.41) is 0. The van der Waals surface area contributed by atoms with Crippen molar-refractivity contribution in [3.05, 3.63) is 322 Å².